The number of nitrogens with zero attached hydrogens (tertiary/aromatic N) is 3. The lowest BCUT2D eigenvalue weighted by Gasteiger charge is -2.39. The summed E-state index contributed by atoms with van der Waals surface area (Å²) in [5.41, 5.74) is 0.384. The number of rotatable bonds is 4. The Kier molecular flexibility index (Phi) is 4.94. The van der Waals surface area contributed by atoms with E-state index in [9.17, 15) is 10.1 Å². The number of benzene rings is 2. The molecule has 0 N–H and O–H groups in total. The van der Waals surface area contributed by atoms with Gasteiger partial charge >= 0.3 is 0 Å². The molecule has 2 aromatic carbocycles. The van der Waals surface area contributed by atoms with Crippen LogP contribution in [0.15, 0.2) is 42.5 Å². The molecule has 1 saturated carbocycles. The quantitative estimate of drug-likeness (QED) is 0.849. The van der Waals surface area contributed by atoms with Crippen molar-refractivity contribution in [3.8, 4) is 6.07 Å². The lowest BCUT2D eigenvalue weighted by atomic mass is 9.81. The molecule has 1 aliphatic carbocycles. The molecule has 1 fully saturated rings. The number of hydrogen-bond acceptors (Lipinski definition) is 3. The minimum absolute atomic E-state index is 0.000825. The first-order chi connectivity index (χ1) is 12.1. The van der Waals surface area contributed by atoms with Gasteiger partial charge in [-0.15, -0.1) is 0 Å². The van der Waals surface area contributed by atoms with Crippen molar-refractivity contribution in [3.63, 3.8) is 0 Å². The van der Waals surface area contributed by atoms with Crippen molar-refractivity contribution in [2.24, 2.45) is 0 Å². The number of nitriles is 1. The van der Waals surface area contributed by atoms with E-state index in [2.05, 4.69) is 30.3 Å². The van der Waals surface area contributed by atoms with E-state index in [4.69, 9.17) is 0 Å². The molecule has 1 aliphatic rings. The van der Waals surface area contributed by atoms with Crippen LogP contribution in [0.4, 0.5) is 5.69 Å². The Morgan fingerprint density at radius 2 is 1.76 bits per heavy atom. The molecule has 0 heterocycles. The first kappa shape index (κ1) is 17.3. The maximum absolute atomic E-state index is 12.8. The van der Waals surface area contributed by atoms with Gasteiger partial charge in [-0.1, -0.05) is 49.6 Å². The van der Waals surface area contributed by atoms with Gasteiger partial charge in [-0.05, 0) is 35.7 Å². The lowest BCUT2D eigenvalue weighted by Crippen LogP contribution is -2.52. The molecule has 0 radical (unpaired) electrons. The minimum Gasteiger partial charge on any atom is -0.365 e. The minimum atomic E-state index is -0.625. The maximum atomic E-state index is 12.8. The Hall–Kier alpha value is -2.54. The topological polar surface area (TPSA) is 47.3 Å². The highest BCUT2D eigenvalue weighted by atomic mass is 16.2. The molecule has 0 aromatic heterocycles. The Morgan fingerprint density at radius 1 is 1.08 bits per heavy atom. The number of hydrogen-bond donors (Lipinski definition) is 0. The van der Waals surface area contributed by atoms with Crippen LogP contribution in [0.2, 0.25) is 0 Å². The van der Waals surface area contributed by atoms with Crippen molar-refractivity contribution in [1.29, 1.82) is 5.26 Å². The van der Waals surface area contributed by atoms with Crippen LogP contribution < -0.4 is 4.90 Å². The summed E-state index contributed by atoms with van der Waals surface area (Å²) in [5, 5.41) is 12.0. The standard InChI is InChI=1S/C21H25N3O/c1-23(19-11-10-17-8-4-5-9-18(17)14-19)15-20(25)24(2)21(16-22)12-6-3-7-13-21/h4-5,8-11,14H,3,6-7,12-13,15H2,1-2H3. The fourth-order valence-electron chi connectivity index (χ4n) is 3.71. The van der Waals surface area contributed by atoms with E-state index in [1.165, 1.54) is 5.39 Å². The van der Waals surface area contributed by atoms with Crippen molar-refractivity contribution in [2.45, 2.75) is 37.6 Å². The Bertz CT molecular complexity index is 802. The molecule has 3 rings (SSSR count). The second-order valence-electron chi connectivity index (χ2n) is 7.04. The molecule has 2 aromatic rings. The van der Waals surface area contributed by atoms with Crippen LogP contribution in [0.1, 0.15) is 32.1 Å². The zero-order chi connectivity index (χ0) is 17.9. The molecule has 130 valence electrons. The van der Waals surface area contributed by atoms with Gasteiger partial charge < -0.3 is 9.80 Å². The summed E-state index contributed by atoms with van der Waals surface area (Å²) in [6.45, 7) is 0.276. The summed E-state index contributed by atoms with van der Waals surface area (Å²) in [5.74, 6) is -0.000825. The summed E-state index contributed by atoms with van der Waals surface area (Å²) in [6.07, 6.45) is 4.76. The second-order valence-corrected chi connectivity index (χ2v) is 7.04. The largest absolute Gasteiger partial charge is 0.365 e. The van der Waals surface area contributed by atoms with Gasteiger partial charge in [0.1, 0.15) is 5.54 Å². The van der Waals surface area contributed by atoms with E-state index in [1.807, 2.05) is 30.1 Å². The third-order valence-corrected chi connectivity index (χ3v) is 5.45. The smallest absolute Gasteiger partial charge is 0.243 e. The number of anilines is 1. The van der Waals surface area contributed by atoms with E-state index in [-0.39, 0.29) is 12.5 Å². The predicted octanol–water partition coefficient (Wildman–Crippen LogP) is 3.96. The van der Waals surface area contributed by atoms with Gasteiger partial charge in [0.05, 0.1) is 12.6 Å². The van der Waals surface area contributed by atoms with Crippen LogP contribution >= 0.6 is 0 Å². The SMILES string of the molecule is CN(CC(=O)N(C)C1(C#N)CCCCC1)c1ccc2ccccc2c1. The van der Waals surface area contributed by atoms with E-state index in [0.717, 1.165) is 43.2 Å². The van der Waals surface area contributed by atoms with Gasteiger partial charge in [-0.3, -0.25) is 4.79 Å². The molecule has 1 amide bonds. The third kappa shape index (κ3) is 3.46. The first-order valence-electron chi connectivity index (χ1n) is 8.94. The number of amides is 1. The Morgan fingerprint density at radius 3 is 2.44 bits per heavy atom. The molecule has 0 unspecified atom stereocenters. The number of fused-ring (bicyclic) bond motifs is 1. The molecule has 0 aliphatic heterocycles. The van der Waals surface area contributed by atoms with Crippen molar-refractivity contribution in [2.75, 3.05) is 25.5 Å². The highest BCUT2D eigenvalue weighted by Gasteiger charge is 2.38. The predicted molar refractivity (Wildman–Crippen MR) is 101 cm³/mol. The zero-order valence-corrected chi connectivity index (χ0v) is 15.0. The summed E-state index contributed by atoms with van der Waals surface area (Å²) in [4.78, 5) is 16.4. The lowest BCUT2D eigenvalue weighted by molar-refractivity contribution is -0.133. The fraction of sp³-hybridized carbons (Fsp3) is 0.429. The average Bonchev–Trinajstić information content (AvgIpc) is 2.67. The van der Waals surface area contributed by atoms with Gasteiger partial charge in [0.2, 0.25) is 5.91 Å². The summed E-state index contributed by atoms with van der Waals surface area (Å²) in [6, 6.07) is 16.8. The van der Waals surface area contributed by atoms with Gasteiger partial charge in [-0.2, -0.15) is 5.26 Å². The van der Waals surface area contributed by atoms with Crippen molar-refractivity contribution < 1.29 is 4.79 Å². The molecular formula is C21H25N3O. The number of carbonyl (C=O) groups is 1. The van der Waals surface area contributed by atoms with E-state index >= 15 is 0 Å². The van der Waals surface area contributed by atoms with E-state index < -0.39 is 5.54 Å². The van der Waals surface area contributed by atoms with E-state index in [1.54, 1.807) is 11.9 Å². The highest BCUT2D eigenvalue weighted by molar-refractivity contribution is 5.87. The van der Waals surface area contributed by atoms with Gasteiger partial charge in [-0.25, -0.2) is 0 Å². The van der Waals surface area contributed by atoms with Crippen LogP contribution in [-0.4, -0.2) is 37.0 Å². The van der Waals surface area contributed by atoms with Crippen LogP contribution in [0.25, 0.3) is 10.8 Å². The molecule has 4 heteroatoms. The molecular weight excluding hydrogens is 310 g/mol. The molecule has 0 bridgehead atoms. The fourth-order valence-corrected chi connectivity index (χ4v) is 3.71. The van der Waals surface area contributed by atoms with Crippen LogP contribution in [0, 0.1) is 11.3 Å². The number of carbonyl (C=O) groups excluding carboxylic acids is 1. The molecule has 0 spiro atoms. The Balaban J connectivity index is 1.73. The normalized spacial score (nSPS) is 16.2. The van der Waals surface area contributed by atoms with Gasteiger partial charge in [0.25, 0.3) is 0 Å². The molecule has 0 atom stereocenters. The Labute approximate surface area is 149 Å². The molecule has 4 nitrogen and oxygen atoms in total. The van der Waals surface area contributed by atoms with Crippen molar-refractivity contribution in [1.82, 2.24) is 4.90 Å². The monoisotopic (exact) mass is 335 g/mol. The molecule has 0 saturated heterocycles. The van der Waals surface area contributed by atoms with Crippen LogP contribution in [-0.2, 0) is 4.79 Å². The maximum Gasteiger partial charge on any atom is 0.243 e. The van der Waals surface area contributed by atoms with Crippen molar-refractivity contribution in [3.05, 3.63) is 42.5 Å². The van der Waals surface area contributed by atoms with Crippen molar-refractivity contribution >= 4 is 22.4 Å². The molecule has 25 heavy (non-hydrogen) atoms. The first-order valence-corrected chi connectivity index (χ1v) is 8.94. The zero-order valence-electron chi connectivity index (χ0n) is 15.0. The van der Waals surface area contributed by atoms with Gasteiger partial charge in [0, 0.05) is 19.8 Å². The second kappa shape index (κ2) is 7.14. The van der Waals surface area contributed by atoms with E-state index in [0.29, 0.717) is 0 Å². The van der Waals surface area contributed by atoms with Crippen LogP contribution in [0.5, 0.6) is 0 Å². The highest BCUT2D eigenvalue weighted by Crippen LogP contribution is 2.32. The summed E-state index contributed by atoms with van der Waals surface area (Å²) >= 11 is 0. The third-order valence-electron chi connectivity index (χ3n) is 5.45. The number of likely N-dealkylation sites (N-methyl/N-ethyl adjacent to an activating group) is 2. The average molecular weight is 335 g/mol. The summed E-state index contributed by atoms with van der Waals surface area (Å²) < 4.78 is 0. The van der Waals surface area contributed by atoms with Crippen LogP contribution in [0.3, 0.4) is 0 Å². The van der Waals surface area contributed by atoms with Gasteiger partial charge in [0.15, 0.2) is 0 Å². The summed E-state index contributed by atoms with van der Waals surface area (Å²) in [7, 11) is 3.71.